The number of carbonyl (C=O) groups is 1. The quantitative estimate of drug-likeness (QED) is 0.916. The number of amides is 1. The molecule has 1 aromatic rings. The normalized spacial score (nSPS) is 28.5. The van der Waals surface area contributed by atoms with Gasteiger partial charge in [0.15, 0.2) is 6.61 Å². The van der Waals surface area contributed by atoms with E-state index in [-0.39, 0.29) is 30.7 Å². The fourth-order valence-corrected chi connectivity index (χ4v) is 3.48. The lowest BCUT2D eigenvalue weighted by atomic mass is 10.00. The van der Waals surface area contributed by atoms with Gasteiger partial charge in [-0.15, -0.1) is 0 Å². The first-order valence-corrected chi connectivity index (χ1v) is 7.32. The number of fused-ring (bicyclic) bond motifs is 2. The summed E-state index contributed by atoms with van der Waals surface area (Å²) < 4.78 is 5.60. The van der Waals surface area contributed by atoms with Crippen LogP contribution in [-0.2, 0) is 4.79 Å². The molecule has 3 rings (SSSR count). The average Bonchev–Trinajstić information content (AvgIpc) is 2.68. The first-order valence-electron chi connectivity index (χ1n) is 7.32. The van der Waals surface area contributed by atoms with Crippen molar-refractivity contribution in [1.82, 2.24) is 4.90 Å². The highest BCUT2D eigenvalue weighted by Gasteiger charge is 2.42. The van der Waals surface area contributed by atoms with Crippen LogP contribution in [-0.4, -0.2) is 40.7 Å². The molecule has 0 spiro atoms. The summed E-state index contributed by atoms with van der Waals surface area (Å²) >= 11 is 0. The van der Waals surface area contributed by atoms with Gasteiger partial charge in [0.05, 0.1) is 6.10 Å². The highest BCUT2D eigenvalue weighted by atomic mass is 16.5. The Balaban J connectivity index is 1.60. The monoisotopic (exact) mass is 275 g/mol. The molecule has 2 unspecified atom stereocenters. The van der Waals surface area contributed by atoms with Gasteiger partial charge >= 0.3 is 0 Å². The zero-order chi connectivity index (χ0) is 14.1. The first-order chi connectivity index (χ1) is 9.63. The van der Waals surface area contributed by atoms with E-state index in [4.69, 9.17) is 4.74 Å². The molecule has 0 saturated carbocycles. The molecule has 1 amide bonds. The zero-order valence-corrected chi connectivity index (χ0v) is 11.8. The van der Waals surface area contributed by atoms with Crippen molar-refractivity contribution in [2.24, 2.45) is 0 Å². The molecule has 0 aromatic heterocycles. The minimum absolute atomic E-state index is 0.0471. The molecule has 1 N–H and O–H groups in total. The Morgan fingerprint density at radius 2 is 2.05 bits per heavy atom. The third-order valence-corrected chi connectivity index (χ3v) is 4.35. The van der Waals surface area contributed by atoms with E-state index in [1.54, 1.807) is 0 Å². The van der Waals surface area contributed by atoms with Gasteiger partial charge in [0, 0.05) is 12.1 Å². The SMILES string of the molecule is Cc1cccc(OCC(=O)N2C3CCC2CC(O)C3)c1. The van der Waals surface area contributed by atoms with Crippen LogP contribution in [0.1, 0.15) is 31.2 Å². The molecule has 20 heavy (non-hydrogen) atoms. The standard InChI is InChI=1S/C16H21NO3/c1-11-3-2-4-15(7-11)20-10-16(19)17-12-5-6-13(17)9-14(18)8-12/h2-4,7,12-14,18H,5-6,8-10H2,1H3. The second-order valence-electron chi connectivity index (χ2n) is 5.92. The van der Waals surface area contributed by atoms with E-state index in [0.717, 1.165) is 24.2 Å². The maximum Gasteiger partial charge on any atom is 0.261 e. The lowest BCUT2D eigenvalue weighted by Crippen LogP contribution is -2.49. The highest BCUT2D eigenvalue weighted by Crippen LogP contribution is 2.35. The van der Waals surface area contributed by atoms with Crippen molar-refractivity contribution in [2.75, 3.05) is 6.61 Å². The van der Waals surface area contributed by atoms with Gasteiger partial charge in [0.1, 0.15) is 5.75 Å². The molecule has 1 aromatic carbocycles. The Bertz CT molecular complexity index is 488. The van der Waals surface area contributed by atoms with Crippen molar-refractivity contribution in [3.8, 4) is 5.75 Å². The van der Waals surface area contributed by atoms with Gasteiger partial charge in [-0.25, -0.2) is 0 Å². The topological polar surface area (TPSA) is 49.8 Å². The predicted octanol–water partition coefficient (Wildman–Crippen LogP) is 1.89. The molecular weight excluding hydrogens is 254 g/mol. The summed E-state index contributed by atoms with van der Waals surface area (Å²) in [4.78, 5) is 14.3. The van der Waals surface area contributed by atoms with Gasteiger partial charge in [0.25, 0.3) is 5.91 Å². The number of carbonyl (C=O) groups excluding carboxylic acids is 1. The van der Waals surface area contributed by atoms with E-state index in [0.29, 0.717) is 12.8 Å². The summed E-state index contributed by atoms with van der Waals surface area (Å²) in [6.07, 6.45) is 3.21. The van der Waals surface area contributed by atoms with E-state index in [1.165, 1.54) is 0 Å². The molecule has 4 nitrogen and oxygen atoms in total. The predicted molar refractivity (Wildman–Crippen MR) is 75.6 cm³/mol. The van der Waals surface area contributed by atoms with Gasteiger partial charge in [-0.3, -0.25) is 4.79 Å². The number of benzene rings is 1. The Morgan fingerprint density at radius 3 is 2.70 bits per heavy atom. The van der Waals surface area contributed by atoms with Crippen molar-refractivity contribution < 1.29 is 14.6 Å². The van der Waals surface area contributed by atoms with E-state index in [1.807, 2.05) is 36.1 Å². The Labute approximate surface area is 119 Å². The van der Waals surface area contributed by atoms with Crippen LogP contribution >= 0.6 is 0 Å². The molecular formula is C16H21NO3. The van der Waals surface area contributed by atoms with Crippen LogP contribution in [0.4, 0.5) is 0 Å². The second kappa shape index (κ2) is 5.44. The molecule has 0 radical (unpaired) electrons. The molecule has 0 aliphatic carbocycles. The fraction of sp³-hybridized carbons (Fsp3) is 0.562. The molecule has 2 saturated heterocycles. The van der Waals surface area contributed by atoms with Gasteiger partial charge in [-0.05, 0) is 50.3 Å². The summed E-state index contributed by atoms with van der Waals surface area (Å²) in [5.74, 6) is 0.786. The molecule has 108 valence electrons. The van der Waals surface area contributed by atoms with E-state index in [9.17, 15) is 9.90 Å². The van der Waals surface area contributed by atoms with Crippen LogP contribution in [0.15, 0.2) is 24.3 Å². The summed E-state index contributed by atoms with van der Waals surface area (Å²) in [6.45, 7) is 2.09. The third kappa shape index (κ3) is 2.66. The van der Waals surface area contributed by atoms with Crippen molar-refractivity contribution in [3.63, 3.8) is 0 Å². The average molecular weight is 275 g/mol. The molecule has 4 heteroatoms. The van der Waals surface area contributed by atoms with Crippen molar-refractivity contribution in [1.29, 1.82) is 0 Å². The number of aliphatic hydroxyl groups excluding tert-OH is 1. The van der Waals surface area contributed by atoms with Gasteiger partial charge < -0.3 is 14.7 Å². The highest BCUT2D eigenvalue weighted by molar-refractivity contribution is 5.79. The van der Waals surface area contributed by atoms with Crippen LogP contribution in [0, 0.1) is 6.92 Å². The summed E-state index contributed by atoms with van der Waals surface area (Å²) in [7, 11) is 0. The van der Waals surface area contributed by atoms with Crippen LogP contribution in [0.25, 0.3) is 0 Å². The lowest BCUT2D eigenvalue weighted by Gasteiger charge is -2.37. The Morgan fingerprint density at radius 1 is 1.35 bits per heavy atom. The Kier molecular flexibility index (Phi) is 3.66. The first kappa shape index (κ1) is 13.4. The third-order valence-electron chi connectivity index (χ3n) is 4.35. The molecule has 2 aliphatic heterocycles. The Hall–Kier alpha value is -1.55. The number of hydrogen-bond donors (Lipinski definition) is 1. The van der Waals surface area contributed by atoms with Crippen molar-refractivity contribution in [3.05, 3.63) is 29.8 Å². The van der Waals surface area contributed by atoms with Gasteiger partial charge in [-0.2, -0.15) is 0 Å². The molecule has 2 bridgehead atoms. The number of aliphatic hydroxyl groups is 1. The smallest absolute Gasteiger partial charge is 0.261 e. The van der Waals surface area contributed by atoms with Gasteiger partial charge in [-0.1, -0.05) is 12.1 Å². The largest absolute Gasteiger partial charge is 0.484 e. The number of ether oxygens (including phenoxy) is 1. The number of rotatable bonds is 3. The van der Waals surface area contributed by atoms with Crippen LogP contribution in [0.2, 0.25) is 0 Å². The number of nitrogens with zero attached hydrogens (tertiary/aromatic N) is 1. The van der Waals surface area contributed by atoms with Crippen LogP contribution in [0.3, 0.4) is 0 Å². The molecule has 2 aliphatic rings. The van der Waals surface area contributed by atoms with E-state index in [2.05, 4.69) is 0 Å². The van der Waals surface area contributed by atoms with Crippen molar-refractivity contribution >= 4 is 5.91 Å². The van der Waals surface area contributed by atoms with E-state index >= 15 is 0 Å². The lowest BCUT2D eigenvalue weighted by molar-refractivity contribution is -0.139. The van der Waals surface area contributed by atoms with Crippen molar-refractivity contribution in [2.45, 2.75) is 50.8 Å². The maximum atomic E-state index is 12.3. The maximum absolute atomic E-state index is 12.3. The molecule has 2 atom stereocenters. The zero-order valence-electron chi connectivity index (χ0n) is 11.8. The number of hydrogen-bond acceptors (Lipinski definition) is 3. The fourth-order valence-electron chi connectivity index (χ4n) is 3.48. The summed E-state index contributed by atoms with van der Waals surface area (Å²) in [5.41, 5.74) is 1.12. The molecule has 2 heterocycles. The van der Waals surface area contributed by atoms with Gasteiger partial charge in [0.2, 0.25) is 0 Å². The summed E-state index contributed by atoms with van der Waals surface area (Å²) in [6, 6.07) is 8.14. The minimum Gasteiger partial charge on any atom is -0.484 e. The minimum atomic E-state index is -0.241. The second-order valence-corrected chi connectivity index (χ2v) is 5.92. The number of aryl methyl sites for hydroxylation is 1. The number of piperidine rings is 1. The van der Waals surface area contributed by atoms with Crippen LogP contribution in [0.5, 0.6) is 5.75 Å². The van der Waals surface area contributed by atoms with E-state index < -0.39 is 0 Å². The summed E-state index contributed by atoms with van der Waals surface area (Å²) in [5, 5.41) is 9.76. The molecule has 2 fully saturated rings. The van der Waals surface area contributed by atoms with Crippen LogP contribution < -0.4 is 4.74 Å².